The minimum Gasteiger partial charge on any atom is -0.497 e. The van der Waals surface area contributed by atoms with Crippen LogP contribution in [-0.2, 0) is 7.05 Å². The number of ketones is 1. The first-order chi connectivity index (χ1) is 9.49. The molecule has 0 atom stereocenters. The molecule has 0 aliphatic carbocycles. The summed E-state index contributed by atoms with van der Waals surface area (Å²) in [6.07, 6.45) is 0. The van der Waals surface area contributed by atoms with Gasteiger partial charge in [-0.05, 0) is 26.0 Å². The Morgan fingerprint density at radius 3 is 2.40 bits per heavy atom. The Morgan fingerprint density at radius 2 is 1.90 bits per heavy atom. The third-order valence-electron chi connectivity index (χ3n) is 3.39. The van der Waals surface area contributed by atoms with E-state index in [1.54, 1.807) is 30.0 Å². The van der Waals surface area contributed by atoms with E-state index in [1.165, 1.54) is 7.11 Å². The molecule has 0 spiro atoms. The lowest BCUT2D eigenvalue weighted by Crippen LogP contribution is -2.07. The molecule has 5 nitrogen and oxygen atoms in total. The van der Waals surface area contributed by atoms with Gasteiger partial charge < -0.3 is 9.47 Å². The fraction of sp³-hybridized carbons (Fsp3) is 0.333. The van der Waals surface area contributed by atoms with Gasteiger partial charge in [0.15, 0.2) is 5.78 Å². The summed E-state index contributed by atoms with van der Waals surface area (Å²) in [6.45, 7) is 3.71. The number of carbonyl (C=O) groups is 1. The number of methoxy groups -OCH3 is 2. The van der Waals surface area contributed by atoms with E-state index in [-0.39, 0.29) is 5.78 Å². The van der Waals surface area contributed by atoms with Crippen LogP contribution in [0, 0.1) is 13.8 Å². The summed E-state index contributed by atoms with van der Waals surface area (Å²) in [5, 5.41) is 4.28. The third-order valence-corrected chi connectivity index (χ3v) is 3.39. The lowest BCUT2D eigenvalue weighted by molar-refractivity contribution is 0.103. The predicted octanol–water partition coefficient (Wildman–Crippen LogP) is 2.29. The molecule has 106 valence electrons. The Kier molecular flexibility index (Phi) is 3.79. The Labute approximate surface area is 118 Å². The molecular formula is C15H18N2O3. The number of aromatic nitrogens is 2. The smallest absolute Gasteiger partial charge is 0.200 e. The van der Waals surface area contributed by atoms with Crippen LogP contribution >= 0.6 is 0 Å². The zero-order chi connectivity index (χ0) is 14.9. The quantitative estimate of drug-likeness (QED) is 0.803. The van der Waals surface area contributed by atoms with E-state index in [0.29, 0.717) is 28.3 Å². The molecule has 2 rings (SSSR count). The van der Waals surface area contributed by atoms with E-state index in [2.05, 4.69) is 5.10 Å². The molecule has 0 unspecified atom stereocenters. The standard InChI is InChI=1S/C15H18N2O3/c1-9-14(10(2)17(3)16-9)15(18)12-7-6-11(19-4)8-13(12)20-5/h6-8H,1-5H3. The summed E-state index contributed by atoms with van der Waals surface area (Å²) in [6, 6.07) is 5.16. The Morgan fingerprint density at radius 1 is 1.20 bits per heavy atom. The summed E-state index contributed by atoms with van der Waals surface area (Å²) in [4.78, 5) is 12.7. The molecule has 0 radical (unpaired) electrons. The maximum absolute atomic E-state index is 12.7. The second-order valence-corrected chi connectivity index (χ2v) is 4.56. The van der Waals surface area contributed by atoms with Crippen molar-refractivity contribution in [3.8, 4) is 11.5 Å². The molecular weight excluding hydrogens is 256 g/mol. The number of rotatable bonds is 4. The summed E-state index contributed by atoms with van der Waals surface area (Å²) in [5.41, 5.74) is 2.68. The van der Waals surface area contributed by atoms with E-state index in [4.69, 9.17) is 9.47 Å². The Bertz CT molecular complexity index is 659. The van der Waals surface area contributed by atoms with Crippen LogP contribution in [-0.4, -0.2) is 29.8 Å². The van der Waals surface area contributed by atoms with Crippen LogP contribution in [0.2, 0.25) is 0 Å². The van der Waals surface area contributed by atoms with E-state index in [1.807, 2.05) is 20.9 Å². The Balaban J connectivity index is 2.53. The van der Waals surface area contributed by atoms with E-state index >= 15 is 0 Å². The molecule has 0 N–H and O–H groups in total. The van der Waals surface area contributed by atoms with Crippen LogP contribution < -0.4 is 9.47 Å². The first-order valence-corrected chi connectivity index (χ1v) is 6.26. The van der Waals surface area contributed by atoms with Gasteiger partial charge in [0.25, 0.3) is 0 Å². The van der Waals surface area contributed by atoms with Gasteiger partial charge in [-0.2, -0.15) is 5.10 Å². The van der Waals surface area contributed by atoms with E-state index in [9.17, 15) is 4.79 Å². The molecule has 1 aromatic heterocycles. The number of nitrogens with zero attached hydrogens (tertiary/aromatic N) is 2. The van der Waals surface area contributed by atoms with Crippen molar-refractivity contribution >= 4 is 5.78 Å². The summed E-state index contributed by atoms with van der Waals surface area (Å²) in [5.74, 6) is 1.06. The van der Waals surface area contributed by atoms with Gasteiger partial charge in [0, 0.05) is 18.8 Å². The highest BCUT2D eigenvalue weighted by molar-refractivity contribution is 6.12. The van der Waals surface area contributed by atoms with E-state index in [0.717, 1.165) is 5.69 Å². The summed E-state index contributed by atoms with van der Waals surface area (Å²) >= 11 is 0. The molecule has 0 saturated carbocycles. The van der Waals surface area contributed by atoms with Gasteiger partial charge in [-0.1, -0.05) is 0 Å². The number of aryl methyl sites for hydroxylation is 2. The zero-order valence-electron chi connectivity index (χ0n) is 12.4. The second-order valence-electron chi connectivity index (χ2n) is 4.56. The maximum Gasteiger partial charge on any atom is 0.200 e. The molecule has 2 aromatic rings. The SMILES string of the molecule is COc1ccc(C(=O)c2c(C)nn(C)c2C)c(OC)c1. The minimum atomic E-state index is -0.0902. The first-order valence-electron chi connectivity index (χ1n) is 6.26. The maximum atomic E-state index is 12.7. The van der Waals surface area contributed by atoms with Gasteiger partial charge in [0.1, 0.15) is 11.5 Å². The average Bonchev–Trinajstić information content (AvgIpc) is 2.70. The molecule has 0 aliphatic rings. The van der Waals surface area contributed by atoms with Crippen molar-refractivity contribution in [3.05, 3.63) is 40.7 Å². The zero-order valence-corrected chi connectivity index (χ0v) is 12.4. The average molecular weight is 274 g/mol. The first kappa shape index (κ1) is 14.1. The van der Waals surface area contributed by atoms with Crippen molar-refractivity contribution in [1.82, 2.24) is 9.78 Å². The van der Waals surface area contributed by atoms with Gasteiger partial charge in [-0.25, -0.2) is 0 Å². The fourth-order valence-electron chi connectivity index (χ4n) is 2.22. The summed E-state index contributed by atoms with van der Waals surface area (Å²) in [7, 11) is 4.94. The third kappa shape index (κ3) is 2.27. The van der Waals surface area contributed by atoms with Crippen LogP contribution in [0.3, 0.4) is 0 Å². The van der Waals surface area contributed by atoms with Crippen molar-refractivity contribution in [2.75, 3.05) is 14.2 Å². The lowest BCUT2D eigenvalue weighted by Gasteiger charge is -2.10. The van der Waals surface area contributed by atoms with Gasteiger partial charge in [0.2, 0.25) is 0 Å². The van der Waals surface area contributed by atoms with Gasteiger partial charge >= 0.3 is 0 Å². The van der Waals surface area contributed by atoms with Crippen LogP contribution in [0.5, 0.6) is 11.5 Å². The molecule has 1 aromatic carbocycles. The largest absolute Gasteiger partial charge is 0.497 e. The van der Waals surface area contributed by atoms with Crippen molar-refractivity contribution in [2.24, 2.45) is 7.05 Å². The van der Waals surface area contributed by atoms with Crippen LogP contribution in [0.15, 0.2) is 18.2 Å². The van der Waals surface area contributed by atoms with Crippen molar-refractivity contribution in [3.63, 3.8) is 0 Å². The molecule has 5 heteroatoms. The number of benzene rings is 1. The van der Waals surface area contributed by atoms with Crippen LogP contribution in [0.1, 0.15) is 27.3 Å². The molecule has 1 heterocycles. The molecule has 0 aliphatic heterocycles. The lowest BCUT2D eigenvalue weighted by atomic mass is 10.0. The fourth-order valence-corrected chi connectivity index (χ4v) is 2.22. The highest BCUT2D eigenvalue weighted by Gasteiger charge is 2.22. The summed E-state index contributed by atoms with van der Waals surface area (Å²) < 4.78 is 12.1. The minimum absolute atomic E-state index is 0.0902. The van der Waals surface area contributed by atoms with Gasteiger partial charge in [-0.3, -0.25) is 9.48 Å². The highest BCUT2D eigenvalue weighted by atomic mass is 16.5. The topological polar surface area (TPSA) is 53.3 Å². The number of hydrogen-bond donors (Lipinski definition) is 0. The predicted molar refractivity (Wildman–Crippen MR) is 75.7 cm³/mol. The second kappa shape index (κ2) is 5.36. The van der Waals surface area contributed by atoms with Crippen LogP contribution in [0.25, 0.3) is 0 Å². The molecule has 0 amide bonds. The highest BCUT2D eigenvalue weighted by Crippen LogP contribution is 2.28. The molecule has 0 bridgehead atoms. The van der Waals surface area contributed by atoms with E-state index < -0.39 is 0 Å². The molecule has 20 heavy (non-hydrogen) atoms. The number of ether oxygens (including phenoxy) is 2. The Hall–Kier alpha value is -2.30. The number of hydrogen-bond acceptors (Lipinski definition) is 4. The van der Waals surface area contributed by atoms with Crippen molar-refractivity contribution in [1.29, 1.82) is 0 Å². The van der Waals surface area contributed by atoms with Crippen molar-refractivity contribution < 1.29 is 14.3 Å². The normalized spacial score (nSPS) is 10.4. The molecule has 0 saturated heterocycles. The number of carbonyl (C=O) groups excluding carboxylic acids is 1. The molecule has 0 fully saturated rings. The van der Waals surface area contributed by atoms with Gasteiger partial charge in [-0.15, -0.1) is 0 Å². The monoisotopic (exact) mass is 274 g/mol. The van der Waals surface area contributed by atoms with Crippen molar-refractivity contribution in [2.45, 2.75) is 13.8 Å². The van der Waals surface area contributed by atoms with Gasteiger partial charge in [0.05, 0.1) is 31.0 Å². The van der Waals surface area contributed by atoms with Crippen LogP contribution in [0.4, 0.5) is 0 Å².